The van der Waals surface area contributed by atoms with Gasteiger partial charge in [-0.1, -0.05) is 0 Å². The van der Waals surface area contributed by atoms with Crippen LogP contribution in [0.4, 0.5) is 4.39 Å². The number of benzene rings is 1. The molecule has 4 nitrogen and oxygen atoms in total. The first kappa shape index (κ1) is 11.2. The lowest BCUT2D eigenvalue weighted by molar-refractivity contribution is -0.118. The largest absolute Gasteiger partial charge is 0.507 e. The van der Waals surface area contributed by atoms with Crippen LogP contribution in [-0.4, -0.2) is 16.7 Å². The van der Waals surface area contributed by atoms with E-state index in [4.69, 9.17) is 0 Å². The highest BCUT2D eigenvalue weighted by Gasteiger charge is 2.06. The molecule has 80 valence electrons. The first-order valence-electron chi connectivity index (χ1n) is 4.30. The molecule has 0 fully saturated rings. The van der Waals surface area contributed by atoms with Crippen molar-refractivity contribution in [1.29, 1.82) is 0 Å². The number of amides is 1. The summed E-state index contributed by atoms with van der Waals surface area (Å²) in [6.07, 6.45) is 0. The second-order valence-electron chi connectivity index (χ2n) is 3.03. The number of hydrogen-bond donors (Lipinski definition) is 2. The van der Waals surface area contributed by atoms with Gasteiger partial charge in [0, 0.05) is 12.5 Å². The third kappa shape index (κ3) is 3.05. The van der Waals surface area contributed by atoms with Gasteiger partial charge in [0.05, 0.1) is 5.71 Å². The quantitative estimate of drug-likeness (QED) is 0.572. The molecule has 15 heavy (non-hydrogen) atoms. The Morgan fingerprint density at radius 2 is 2.13 bits per heavy atom. The van der Waals surface area contributed by atoms with Crippen molar-refractivity contribution in [2.45, 2.75) is 13.8 Å². The minimum Gasteiger partial charge on any atom is -0.507 e. The second-order valence-corrected chi connectivity index (χ2v) is 3.03. The van der Waals surface area contributed by atoms with Gasteiger partial charge in [-0.05, 0) is 25.1 Å². The van der Waals surface area contributed by atoms with Gasteiger partial charge in [-0.2, -0.15) is 5.10 Å². The van der Waals surface area contributed by atoms with Crippen molar-refractivity contribution in [3.05, 3.63) is 29.6 Å². The summed E-state index contributed by atoms with van der Waals surface area (Å²) in [5.41, 5.74) is 2.79. The molecule has 0 unspecified atom stereocenters. The zero-order chi connectivity index (χ0) is 11.4. The molecule has 0 aromatic heterocycles. The van der Waals surface area contributed by atoms with E-state index in [0.29, 0.717) is 5.71 Å². The highest BCUT2D eigenvalue weighted by atomic mass is 19.1. The Hall–Kier alpha value is -1.91. The summed E-state index contributed by atoms with van der Waals surface area (Å²) in [5.74, 6) is -0.881. The van der Waals surface area contributed by atoms with E-state index in [1.807, 2.05) is 0 Å². The molecule has 0 atom stereocenters. The van der Waals surface area contributed by atoms with Crippen LogP contribution in [0.3, 0.4) is 0 Å². The fraction of sp³-hybridized carbons (Fsp3) is 0.200. The normalized spacial score (nSPS) is 11.3. The van der Waals surface area contributed by atoms with Crippen LogP contribution in [0.1, 0.15) is 19.4 Å². The van der Waals surface area contributed by atoms with Crippen LogP contribution in [0.25, 0.3) is 0 Å². The third-order valence-corrected chi connectivity index (χ3v) is 1.73. The zero-order valence-corrected chi connectivity index (χ0v) is 8.41. The highest BCUT2D eigenvalue weighted by molar-refractivity contribution is 6.01. The van der Waals surface area contributed by atoms with E-state index in [1.165, 1.54) is 13.0 Å². The van der Waals surface area contributed by atoms with E-state index in [9.17, 15) is 14.3 Å². The van der Waals surface area contributed by atoms with Crippen molar-refractivity contribution in [3.8, 4) is 5.75 Å². The Morgan fingerprint density at radius 1 is 1.47 bits per heavy atom. The molecule has 0 aliphatic heterocycles. The van der Waals surface area contributed by atoms with E-state index in [-0.39, 0.29) is 17.2 Å². The number of rotatable bonds is 2. The Labute approximate surface area is 86.4 Å². The molecular formula is C10H11FN2O2. The molecule has 1 rings (SSSR count). The summed E-state index contributed by atoms with van der Waals surface area (Å²) >= 11 is 0. The molecule has 0 heterocycles. The van der Waals surface area contributed by atoms with Gasteiger partial charge in [-0.25, -0.2) is 9.82 Å². The van der Waals surface area contributed by atoms with Crippen molar-refractivity contribution in [2.24, 2.45) is 5.10 Å². The van der Waals surface area contributed by atoms with Gasteiger partial charge in [0.1, 0.15) is 11.6 Å². The van der Waals surface area contributed by atoms with E-state index in [0.717, 1.165) is 12.1 Å². The molecular weight excluding hydrogens is 199 g/mol. The SMILES string of the molecule is CC(=O)N/N=C(\C)c1cc(F)ccc1O. The Morgan fingerprint density at radius 3 is 2.73 bits per heavy atom. The Kier molecular flexibility index (Phi) is 3.38. The maximum absolute atomic E-state index is 12.9. The average molecular weight is 210 g/mol. The molecule has 1 amide bonds. The number of nitrogens with one attached hydrogen (secondary N) is 1. The number of nitrogens with zero attached hydrogens (tertiary/aromatic N) is 1. The van der Waals surface area contributed by atoms with E-state index < -0.39 is 5.82 Å². The van der Waals surface area contributed by atoms with Crippen molar-refractivity contribution in [2.75, 3.05) is 0 Å². The number of aromatic hydroxyl groups is 1. The lowest BCUT2D eigenvalue weighted by atomic mass is 10.1. The van der Waals surface area contributed by atoms with Gasteiger partial charge in [-0.15, -0.1) is 0 Å². The van der Waals surface area contributed by atoms with E-state index >= 15 is 0 Å². The standard InChI is InChI=1S/C10H11FN2O2/c1-6(12-13-7(2)14)9-5-8(11)3-4-10(9)15/h3-5,15H,1-2H3,(H,13,14)/b12-6+. The van der Waals surface area contributed by atoms with Crippen LogP contribution in [0.2, 0.25) is 0 Å². The van der Waals surface area contributed by atoms with Crippen LogP contribution in [0.15, 0.2) is 23.3 Å². The number of phenolic OH excluding ortho intramolecular Hbond substituents is 1. The molecule has 0 bridgehead atoms. The average Bonchev–Trinajstić information content (AvgIpc) is 2.18. The van der Waals surface area contributed by atoms with Crippen LogP contribution in [-0.2, 0) is 4.79 Å². The van der Waals surface area contributed by atoms with Gasteiger partial charge in [0.25, 0.3) is 0 Å². The fourth-order valence-corrected chi connectivity index (χ4v) is 1.02. The smallest absolute Gasteiger partial charge is 0.236 e. The summed E-state index contributed by atoms with van der Waals surface area (Å²) < 4.78 is 12.9. The van der Waals surface area contributed by atoms with Crippen molar-refractivity contribution >= 4 is 11.6 Å². The van der Waals surface area contributed by atoms with Gasteiger partial charge in [-0.3, -0.25) is 4.79 Å². The highest BCUT2D eigenvalue weighted by Crippen LogP contribution is 2.18. The number of carbonyl (C=O) groups excluding carboxylic acids is 1. The molecule has 2 N–H and O–H groups in total. The second kappa shape index (κ2) is 4.54. The molecule has 0 saturated heterocycles. The minimum atomic E-state index is -0.472. The topological polar surface area (TPSA) is 61.7 Å². The predicted molar refractivity (Wildman–Crippen MR) is 54.1 cm³/mol. The summed E-state index contributed by atoms with van der Waals surface area (Å²) in [6, 6.07) is 3.53. The maximum Gasteiger partial charge on any atom is 0.236 e. The van der Waals surface area contributed by atoms with Gasteiger partial charge >= 0.3 is 0 Å². The number of hydrogen-bond acceptors (Lipinski definition) is 3. The van der Waals surface area contributed by atoms with Crippen LogP contribution < -0.4 is 5.43 Å². The summed E-state index contributed by atoms with van der Waals surface area (Å²) in [7, 11) is 0. The fourth-order valence-electron chi connectivity index (χ4n) is 1.02. The molecule has 1 aromatic carbocycles. The number of halogens is 1. The van der Waals surface area contributed by atoms with E-state index in [1.54, 1.807) is 6.92 Å². The van der Waals surface area contributed by atoms with Crippen LogP contribution in [0, 0.1) is 5.82 Å². The molecule has 0 saturated carbocycles. The Balaban J connectivity index is 2.99. The van der Waals surface area contributed by atoms with Gasteiger partial charge in [0.2, 0.25) is 5.91 Å². The van der Waals surface area contributed by atoms with Gasteiger partial charge in [0.15, 0.2) is 0 Å². The molecule has 0 aliphatic carbocycles. The van der Waals surface area contributed by atoms with Crippen LogP contribution >= 0.6 is 0 Å². The molecule has 5 heteroatoms. The predicted octanol–water partition coefficient (Wildman–Crippen LogP) is 1.39. The maximum atomic E-state index is 12.9. The number of hydrazone groups is 1. The van der Waals surface area contributed by atoms with Crippen molar-refractivity contribution < 1.29 is 14.3 Å². The minimum absolute atomic E-state index is 0.0806. The van der Waals surface area contributed by atoms with Crippen molar-refractivity contribution in [1.82, 2.24) is 5.43 Å². The lowest BCUT2D eigenvalue weighted by Gasteiger charge is -2.03. The molecule has 0 radical (unpaired) electrons. The number of carbonyl (C=O) groups is 1. The first-order chi connectivity index (χ1) is 7.00. The zero-order valence-electron chi connectivity index (χ0n) is 8.41. The summed E-state index contributed by atoms with van der Waals surface area (Å²) in [6.45, 7) is 2.87. The monoisotopic (exact) mass is 210 g/mol. The number of phenols is 1. The third-order valence-electron chi connectivity index (χ3n) is 1.73. The summed E-state index contributed by atoms with van der Waals surface area (Å²) in [5, 5.41) is 13.1. The lowest BCUT2D eigenvalue weighted by Crippen LogP contribution is -2.15. The molecule has 0 spiro atoms. The summed E-state index contributed by atoms with van der Waals surface area (Å²) in [4.78, 5) is 10.6. The van der Waals surface area contributed by atoms with Crippen molar-refractivity contribution in [3.63, 3.8) is 0 Å². The molecule has 1 aromatic rings. The first-order valence-corrected chi connectivity index (χ1v) is 4.30. The Bertz CT molecular complexity index is 416. The van der Waals surface area contributed by atoms with Crippen LogP contribution in [0.5, 0.6) is 5.75 Å². The van der Waals surface area contributed by atoms with Gasteiger partial charge < -0.3 is 5.11 Å². The molecule has 0 aliphatic rings. The van der Waals surface area contributed by atoms with E-state index in [2.05, 4.69) is 10.5 Å².